The molecule has 0 aliphatic heterocycles. The molecular weight excluding hydrogens is 508 g/mol. The van der Waals surface area contributed by atoms with Gasteiger partial charge in [0.05, 0.1) is 10.6 Å². The monoisotopic (exact) mass is 526 g/mol. The number of rotatable bonds is 8. The van der Waals surface area contributed by atoms with Crippen LogP contribution in [0.1, 0.15) is 12.5 Å². The molecule has 0 aliphatic carbocycles. The molecule has 3 aromatic rings. The molecule has 1 N–H and O–H groups in total. The zero-order valence-electron chi connectivity index (χ0n) is 16.2. The van der Waals surface area contributed by atoms with Crippen molar-refractivity contribution < 1.29 is 13.2 Å². The summed E-state index contributed by atoms with van der Waals surface area (Å²) in [5, 5.41) is 10.9. The van der Waals surface area contributed by atoms with E-state index in [2.05, 4.69) is 31.4 Å². The van der Waals surface area contributed by atoms with E-state index >= 15 is 0 Å². The van der Waals surface area contributed by atoms with Crippen LogP contribution >= 0.6 is 39.0 Å². The van der Waals surface area contributed by atoms with Crippen LogP contribution in [-0.4, -0.2) is 36.8 Å². The van der Waals surface area contributed by atoms with Crippen molar-refractivity contribution in [1.82, 2.24) is 10.2 Å². The molecule has 11 heteroatoms. The lowest BCUT2D eigenvalue weighted by molar-refractivity contribution is -0.114. The van der Waals surface area contributed by atoms with Gasteiger partial charge in [0.1, 0.15) is 6.54 Å². The zero-order valence-corrected chi connectivity index (χ0v) is 20.2. The van der Waals surface area contributed by atoms with Crippen molar-refractivity contribution >= 4 is 65.8 Å². The minimum Gasteiger partial charge on any atom is -0.299 e. The summed E-state index contributed by atoms with van der Waals surface area (Å²) in [7, 11) is -3.95. The number of anilines is 2. The van der Waals surface area contributed by atoms with E-state index in [-0.39, 0.29) is 4.90 Å². The lowest BCUT2D eigenvalue weighted by atomic mass is 10.2. The summed E-state index contributed by atoms with van der Waals surface area (Å²) in [6, 6.07) is 13.3. The highest BCUT2D eigenvalue weighted by molar-refractivity contribution is 9.10. The van der Waals surface area contributed by atoms with Crippen LogP contribution in [0.25, 0.3) is 0 Å². The van der Waals surface area contributed by atoms with Crippen LogP contribution in [0.4, 0.5) is 10.8 Å². The summed E-state index contributed by atoms with van der Waals surface area (Å²) >= 11 is 6.12. The quantitative estimate of drug-likeness (QED) is 0.341. The van der Waals surface area contributed by atoms with Crippen LogP contribution in [0.3, 0.4) is 0 Å². The van der Waals surface area contributed by atoms with Crippen LogP contribution in [0.5, 0.6) is 0 Å². The second-order valence-electron chi connectivity index (χ2n) is 6.16. The molecule has 1 aromatic heterocycles. The standard InChI is InChI=1S/C19H19BrN4O3S3/c1-3-28-19-23-22-18(29-19)21-17(25)12-24(15-8-6-14(20)7-9-15)30(26,27)16-10-4-13(2)5-11-16/h4-11H,3,12H2,1-2H3,(H,21,22,25). The van der Waals surface area contributed by atoms with Gasteiger partial charge in [0, 0.05) is 4.47 Å². The highest BCUT2D eigenvalue weighted by Crippen LogP contribution is 2.27. The van der Waals surface area contributed by atoms with Crippen LogP contribution in [0.2, 0.25) is 0 Å². The van der Waals surface area contributed by atoms with Gasteiger partial charge in [0.15, 0.2) is 4.34 Å². The van der Waals surface area contributed by atoms with Gasteiger partial charge in [-0.15, -0.1) is 10.2 Å². The van der Waals surface area contributed by atoms with Gasteiger partial charge in [-0.05, 0) is 49.1 Å². The molecule has 0 saturated heterocycles. The third-order valence-electron chi connectivity index (χ3n) is 3.93. The SMILES string of the molecule is CCSc1nnc(NC(=O)CN(c2ccc(Br)cc2)S(=O)(=O)c2ccc(C)cc2)s1. The minimum absolute atomic E-state index is 0.112. The average molecular weight is 527 g/mol. The van der Waals surface area contributed by atoms with Crippen molar-refractivity contribution in [2.24, 2.45) is 0 Å². The van der Waals surface area contributed by atoms with E-state index in [1.807, 2.05) is 13.8 Å². The molecule has 3 rings (SSSR count). The molecule has 0 saturated carbocycles. The predicted molar refractivity (Wildman–Crippen MR) is 125 cm³/mol. The molecule has 1 heterocycles. The summed E-state index contributed by atoms with van der Waals surface area (Å²) in [5.74, 6) is 0.340. The summed E-state index contributed by atoms with van der Waals surface area (Å²) < 4.78 is 29.3. The number of thioether (sulfide) groups is 1. The molecular formula is C19H19BrN4O3S3. The van der Waals surface area contributed by atoms with Crippen molar-refractivity contribution in [3.8, 4) is 0 Å². The maximum atomic E-state index is 13.3. The van der Waals surface area contributed by atoms with Crippen molar-refractivity contribution in [3.63, 3.8) is 0 Å². The van der Waals surface area contributed by atoms with Crippen molar-refractivity contribution in [2.45, 2.75) is 23.1 Å². The molecule has 2 aromatic carbocycles. The normalized spacial score (nSPS) is 11.3. The molecule has 0 bridgehead atoms. The van der Waals surface area contributed by atoms with Crippen LogP contribution in [-0.2, 0) is 14.8 Å². The van der Waals surface area contributed by atoms with Gasteiger partial charge in [-0.1, -0.05) is 63.6 Å². The number of nitrogens with zero attached hydrogens (tertiary/aromatic N) is 3. The van der Waals surface area contributed by atoms with Gasteiger partial charge in [0.2, 0.25) is 11.0 Å². The number of hydrogen-bond donors (Lipinski definition) is 1. The first-order valence-corrected chi connectivity index (χ1v) is 12.9. The Morgan fingerprint density at radius 3 is 2.43 bits per heavy atom. The third kappa shape index (κ3) is 5.60. The Bertz CT molecular complexity index is 1120. The Morgan fingerprint density at radius 2 is 1.80 bits per heavy atom. The first kappa shape index (κ1) is 22.7. The highest BCUT2D eigenvalue weighted by Gasteiger charge is 2.27. The molecule has 30 heavy (non-hydrogen) atoms. The summed E-state index contributed by atoms with van der Waals surface area (Å²) in [5.41, 5.74) is 1.33. The fourth-order valence-corrected chi connectivity index (χ4v) is 5.84. The van der Waals surface area contributed by atoms with Crippen molar-refractivity contribution in [3.05, 3.63) is 58.6 Å². The van der Waals surface area contributed by atoms with E-state index in [0.29, 0.717) is 10.8 Å². The minimum atomic E-state index is -3.95. The Hall–Kier alpha value is -1.95. The molecule has 0 spiro atoms. The van der Waals surface area contributed by atoms with Crippen molar-refractivity contribution in [1.29, 1.82) is 0 Å². The third-order valence-corrected chi connectivity index (χ3v) is 8.10. The second-order valence-corrected chi connectivity index (χ2v) is 11.4. The molecule has 0 aliphatic rings. The lowest BCUT2D eigenvalue weighted by Crippen LogP contribution is -2.38. The molecule has 158 valence electrons. The van der Waals surface area contributed by atoms with E-state index in [4.69, 9.17) is 0 Å². The topological polar surface area (TPSA) is 92.3 Å². The number of halogens is 1. The largest absolute Gasteiger partial charge is 0.299 e. The average Bonchev–Trinajstić information content (AvgIpc) is 3.14. The molecule has 0 fully saturated rings. The van der Waals surface area contributed by atoms with Crippen LogP contribution < -0.4 is 9.62 Å². The maximum absolute atomic E-state index is 13.3. The van der Waals surface area contributed by atoms with Gasteiger partial charge >= 0.3 is 0 Å². The smallest absolute Gasteiger partial charge is 0.264 e. The number of carbonyl (C=O) groups is 1. The number of sulfonamides is 1. The Kier molecular flexibility index (Phi) is 7.50. The lowest BCUT2D eigenvalue weighted by Gasteiger charge is -2.24. The number of aryl methyl sites for hydroxylation is 1. The highest BCUT2D eigenvalue weighted by atomic mass is 79.9. The molecule has 1 amide bonds. The molecule has 0 atom stereocenters. The van der Waals surface area contributed by atoms with E-state index in [9.17, 15) is 13.2 Å². The van der Waals surface area contributed by atoms with Gasteiger partial charge in [-0.2, -0.15) is 0 Å². The number of carbonyl (C=O) groups excluding carboxylic acids is 1. The van der Waals surface area contributed by atoms with E-state index in [1.165, 1.54) is 35.2 Å². The number of benzene rings is 2. The summed E-state index contributed by atoms with van der Waals surface area (Å²) in [4.78, 5) is 12.8. The van der Waals surface area contributed by atoms with Gasteiger partial charge < -0.3 is 0 Å². The van der Waals surface area contributed by atoms with Crippen molar-refractivity contribution in [2.75, 3.05) is 21.9 Å². The first-order chi connectivity index (χ1) is 14.3. The van der Waals surface area contributed by atoms with Gasteiger partial charge in [-0.3, -0.25) is 14.4 Å². The van der Waals surface area contributed by atoms with Crippen LogP contribution in [0, 0.1) is 6.92 Å². The van der Waals surface area contributed by atoms with E-state index in [1.54, 1.807) is 36.4 Å². The first-order valence-electron chi connectivity index (χ1n) is 8.90. The fourth-order valence-electron chi connectivity index (χ4n) is 2.49. The number of aromatic nitrogens is 2. The Balaban J connectivity index is 1.88. The number of nitrogens with one attached hydrogen (secondary N) is 1. The van der Waals surface area contributed by atoms with E-state index < -0.39 is 22.5 Å². The molecule has 7 nitrogen and oxygen atoms in total. The van der Waals surface area contributed by atoms with E-state index in [0.717, 1.165) is 24.4 Å². The molecule has 0 unspecified atom stereocenters. The summed E-state index contributed by atoms with van der Waals surface area (Å²) in [6.45, 7) is 3.48. The number of amides is 1. The maximum Gasteiger partial charge on any atom is 0.264 e. The van der Waals surface area contributed by atoms with Crippen LogP contribution in [0.15, 0.2) is 62.2 Å². The zero-order chi connectivity index (χ0) is 21.7. The Morgan fingerprint density at radius 1 is 1.13 bits per heavy atom. The van der Waals surface area contributed by atoms with Gasteiger partial charge in [0.25, 0.3) is 10.0 Å². The molecule has 0 radical (unpaired) electrons. The second kappa shape index (κ2) is 9.90. The fraction of sp³-hybridized carbons (Fsp3) is 0.211. The Labute approximate surface area is 192 Å². The summed E-state index contributed by atoms with van der Waals surface area (Å²) in [6.07, 6.45) is 0. The van der Waals surface area contributed by atoms with Gasteiger partial charge in [-0.25, -0.2) is 8.42 Å². The number of hydrogen-bond acceptors (Lipinski definition) is 7. The predicted octanol–water partition coefficient (Wildman–Crippen LogP) is 4.56.